The van der Waals surface area contributed by atoms with Crippen molar-refractivity contribution in [3.8, 4) is 5.75 Å². The Morgan fingerprint density at radius 3 is 2.38 bits per heavy atom. The molecular formula is C19H12ClF3N2O3S. The summed E-state index contributed by atoms with van der Waals surface area (Å²) in [6.07, 6.45) is -3.84. The number of thiocarbonyl (C=S) groups is 1. The smallest absolute Gasteiger partial charge is 0.417 e. The molecule has 0 aromatic heterocycles. The van der Waals surface area contributed by atoms with Crippen molar-refractivity contribution in [2.75, 3.05) is 12.0 Å². The van der Waals surface area contributed by atoms with Gasteiger partial charge >= 0.3 is 6.18 Å². The molecule has 0 atom stereocenters. The molecule has 29 heavy (non-hydrogen) atoms. The van der Waals surface area contributed by atoms with Crippen molar-refractivity contribution in [3.63, 3.8) is 0 Å². The minimum Gasteiger partial charge on any atom is -0.497 e. The van der Waals surface area contributed by atoms with Gasteiger partial charge in [-0.15, -0.1) is 0 Å². The summed E-state index contributed by atoms with van der Waals surface area (Å²) in [4.78, 5) is 26.2. The van der Waals surface area contributed by atoms with E-state index < -0.39 is 29.1 Å². The van der Waals surface area contributed by atoms with Gasteiger partial charge < -0.3 is 4.74 Å². The van der Waals surface area contributed by atoms with Crippen molar-refractivity contribution in [2.24, 2.45) is 0 Å². The van der Waals surface area contributed by atoms with Crippen LogP contribution >= 0.6 is 23.8 Å². The Kier molecular flexibility index (Phi) is 5.63. The van der Waals surface area contributed by atoms with Crippen LogP contribution in [0.4, 0.5) is 18.9 Å². The number of rotatable bonds is 3. The number of hydrogen-bond acceptors (Lipinski definition) is 4. The number of hydrogen-bond donors (Lipinski definition) is 1. The number of anilines is 1. The number of halogens is 4. The van der Waals surface area contributed by atoms with Gasteiger partial charge in [-0.25, -0.2) is 0 Å². The van der Waals surface area contributed by atoms with Crippen LogP contribution in [0.25, 0.3) is 6.08 Å². The third kappa shape index (κ3) is 4.25. The van der Waals surface area contributed by atoms with Gasteiger partial charge in [-0.2, -0.15) is 13.2 Å². The highest BCUT2D eigenvalue weighted by Gasteiger charge is 2.37. The van der Waals surface area contributed by atoms with E-state index in [0.29, 0.717) is 10.7 Å². The van der Waals surface area contributed by atoms with Crippen LogP contribution in [0.1, 0.15) is 11.1 Å². The minimum absolute atomic E-state index is 0.0112. The van der Waals surface area contributed by atoms with E-state index in [9.17, 15) is 22.8 Å². The van der Waals surface area contributed by atoms with Crippen LogP contribution in [0, 0.1) is 0 Å². The standard InChI is InChI=1S/C19H12ClF3N2O3S/c1-28-13-7-2-10(15(9-13)19(21,22)23)8-14-16(26)24-18(29)25(17(14)27)12-5-3-11(20)4-6-12/h2-9H,1H3,(H,24,26,29). The number of carbonyl (C=O) groups excluding carboxylic acids is 2. The van der Waals surface area contributed by atoms with Crippen LogP contribution in [0.3, 0.4) is 0 Å². The molecule has 0 aliphatic carbocycles. The van der Waals surface area contributed by atoms with E-state index in [1.807, 2.05) is 0 Å². The first-order chi connectivity index (χ1) is 13.6. The van der Waals surface area contributed by atoms with Gasteiger partial charge in [0, 0.05) is 5.02 Å². The van der Waals surface area contributed by atoms with Gasteiger partial charge in [-0.1, -0.05) is 17.7 Å². The van der Waals surface area contributed by atoms with Crippen molar-refractivity contribution in [1.82, 2.24) is 5.32 Å². The zero-order valence-electron chi connectivity index (χ0n) is 14.7. The lowest BCUT2D eigenvalue weighted by molar-refractivity contribution is -0.138. The molecule has 5 nitrogen and oxygen atoms in total. The highest BCUT2D eigenvalue weighted by molar-refractivity contribution is 7.80. The molecule has 0 spiro atoms. The van der Waals surface area contributed by atoms with Crippen LogP contribution < -0.4 is 15.0 Å². The van der Waals surface area contributed by atoms with Gasteiger partial charge in [-0.05, 0) is 60.3 Å². The molecule has 0 bridgehead atoms. The number of amides is 2. The quantitative estimate of drug-likeness (QED) is 0.441. The summed E-state index contributed by atoms with van der Waals surface area (Å²) in [5, 5.41) is 2.54. The second kappa shape index (κ2) is 7.84. The third-order valence-corrected chi connectivity index (χ3v) is 4.59. The maximum atomic E-state index is 13.4. The van der Waals surface area contributed by atoms with E-state index in [0.717, 1.165) is 23.1 Å². The highest BCUT2D eigenvalue weighted by Crippen LogP contribution is 2.36. The van der Waals surface area contributed by atoms with E-state index in [1.165, 1.54) is 37.4 Å². The largest absolute Gasteiger partial charge is 0.497 e. The fourth-order valence-corrected chi connectivity index (χ4v) is 3.08. The SMILES string of the molecule is COc1ccc(C=C2C(=O)NC(=S)N(c3ccc(Cl)cc3)C2=O)c(C(F)(F)F)c1. The minimum atomic E-state index is -4.72. The zero-order valence-corrected chi connectivity index (χ0v) is 16.3. The lowest BCUT2D eigenvalue weighted by Crippen LogP contribution is -2.54. The van der Waals surface area contributed by atoms with Gasteiger partial charge in [0.25, 0.3) is 11.8 Å². The Morgan fingerprint density at radius 2 is 1.79 bits per heavy atom. The molecule has 2 amide bonds. The van der Waals surface area contributed by atoms with Crippen molar-refractivity contribution in [3.05, 3.63) is 64.2 Å². The second-order valence-corrected chi connectivity index (χ2v) is 6.71. The van der Waals surface area contributed by atoms with Gasteiger partial charge in [0.05, 0.1) is 18.4 Å². The third-order valence-electron chi connectivity index (χ3n) is 4.05. The second-order valence-electron chi connectivity index (χ2n) is 5.89. The summed E-state index contributed by atoms with van der Waals surface area (Å²) in [5.74, 6) is -1.76. The van der Waals surface area contributed by atoms with Gasteiger partial charge in [-0.3, -0.25) is 19.8 Å². The number of carbonyl (C=O) groups is 2. The summed E-state index contributed by atoms with van der Waals surface area (Å²) < 4.78 is 45.2. The van der Waals surface area contributed by atoms with Crippen LogP contribution in [-0.4, -0.2) is 24.0 Å². The molecule has 1 aliphatic heterocycles. The Balaban J connectivity index is 2.09. The first-order valence-corrected chi connectivity index (χ1v) is 8.82. The first-order valence-electron chi connectivity index (χ1n) is 8.04. The monoisotopic (exact) mass is 440 g/mol. The number of nitrogens with one attached hydrogen (secondary N) is 1. The van der Waals surface area contributed by atoms with Gasteiger partial charge in [0.2, 0.25) is 0 Å². The number of methoxy groups -OCH3 is 1. The lowest BCUT2D eigenvalue weighted by Gasteiger charge is -2.29. The van der Waals surface area contributed by atoms with Crippen molar-refractivity contribution in [2.45, 2.75) is 6.18 Å². The molecule has 2 aromatic rings. The molecule has 1 N–H and O–H groups in total. The summed E-state index contributed by atoms with van der Waals surface area (Å²) in [6, 6.07) is 9.23. The van der Waals surface area contributed by atoms with E-state index in [-0.39, 0.29) is 16.4 Å². The van der Waals surface area contributed by atoms with Crippen LogP contribution in [0.2, 0.25) is 5.02 Å². The van der Waals surface area contributed by atoms with Crippen molar-refractivity contribution < 1.29 is 27.5 Å². The Bertz CT molecular complexity index is 1040. The maximum absolute atomic E-state index is 13.4. The summed E-state index contributed by atoms with van der Waals surface area (Å²) in [6.45, 7) is 0. The van der Waals surface area contributed by atoms with E-state index in [4.69, 9.17) is 28.6 Å². The van der Waals surface area contributed by atoms with Crippen LogP contribution in [-0.2, 0) is 15.8 Å². The Labute approximate surface area is 173 Å². The maximum Gasteiger partial charge on any atom is 0.417 e. The average molecular weight is 441 g/mol. The molecular weight excluding hydrogens is 429 g/mol. The summed E-state index contributed by atoms with van der Waals surface area (Å²) >= 11 is 10.9. The number of ether oxygens (including phenoxy) is 1. The fourth-order valence-electron chi connectivity index (χ4n) is 2.67. The molecule has 3 rings (SSSR count). The molecule has 0 radical (unpaired) electrons. The van der Waals surface area contributed by atoms with E-state index >= 15 is 0 Å². The molecule has 1 heterocycles. The predicted octanol–water partition coefficient (Wildman–Crippen LogP) is 4.20. The van der Waals surface area contributed by atoms with Crippen LogP contribution in [0.5, 0.6) is 5.75 Å². The number of alkyl halides is 3. The zero-order chi connectivity index (χ0) is 21.3. The van der Waals surface area contributed by atoms with E-state index in [2.05, 4.69) is 5.32 Å². The highest BCUT2D eigenvalue weighted by atomic mass is 35.5. The number of benzene rings is 2. The normalized spacial score (nSPS) is 16.2. The number of nitrogens with zero attached hydrogens (tertiary/aromatic N) is 1. The predicted molar refractivity (Wildman–Crippen MR) is 106 cm³/mol. The molecule has 0 unspecified atom stereocenters. The molecule has 1 aliphatic rings. The molecule has 150 valence electrons. The van der Waals surface area contributed by atoms with Crippen molar-refractivity contribution in [1.29, 1.82) is 0 Å². The molecule has 2 aromatic carbocycles. The van der Waals surface area contributed by atoms with Crippen molar-refractivity contribution >= 4 is 52.5 Å². The molecule has 10 heteroatoms. The first kappa shape index (κ1) is 20.8. The Hall–Kier alpha value is -2.91. The summed E-state index contributed by atoms with van der Waals surface area (Å²) in [7, 11) is 1.23. The average Bonchev–Trinajstić information content (AvgIpc) is 2.65. The molecule has 1 saturated heterocycles. The summed E-state index contributed by atoms with van der Waals surface area (Å²) in [5.41, 5.74) is -1.60. The fraction of sp³-hybridized carbons (Fsp3) is 0.105. The lowest BCUT2D eigenvalue weighted by atomic mass is 10.0. The van der Waals surface area contributed by atoms with Gasteiger partial charge in [0.15, 0.2) is 5.11 Å². The molecule has 0 saturated carbocycles. The van der Waals surface area contributed by atoms with E-state index in [1.54, 1.807) is 0 Å². The topological polar surface area (TPSA) is 58.6 Å². The Morgan fingerprint density at radius 1 is 1.14 bits per heavy atom. The van der Waals surface area contributed by atoms with Gasteiger partial charge in [0.1, 0.15) is 11.3 Å². The van der Waals surface area contributed by atoms with Crippen LogP contribution in [0.15, 0.2) is 48.0 Å². The molecule has 1 fully saturated rings.